The summed E-state index contributed by atoms with van der Waals surface area (Å²) in [4.78, 5) is 15.6. The van der Waals surface area contributed by atoms with E-state index in [1.54, 1.807) is 0 Å². The molecule has 2 amide bonds. The number of carbonyl (C=O) groups excluding carboxylic acids is 1. The summed E-state index contributed by atoms with van der Waals surface area (Å²) in [6, 6.07) is 21.3. The molecule has 1 fully saturated rings. The van der Waals surface area contributed by atoms with E-state index in [4.69, 9.17) is 0 Å². The van der Waals surface area contributed by atoms with Gasteiger partial charge in [0.05, 0.1) is 12.2 Å². The number of fused-ring (bicyclic) bond motifs is 3. The molecule has 2 heterocycles. The first-order valence-corrected chi connectivity index (χ1v) is 10.6. The van der Waals surface area contributed by atoms with Crippen LogP contribution < -0.4 is 5.32 Å². The van der Waals surface area contributed by atoms with Crippen LogP contribution in [0.4, 0.5) is 4.79 Å². The molecular weight excluding hydrogens is 358 g/mol. The maximum Gasteiger partial charge on any atom is 0.318 e. The number of amides is 2. The van der Waals surface area contributed by atoms with Crippen molar-refractivity contribution < 1.29 is 4.79 Å². The zero-order chi connectivity index (χ0) is 19.8. The molecule has 2 aliphatic rings. The van der Waals surface area contributed by atoms with Crippen molar-refractivity contribution >= 4 is 6.03 Å². The molecule has 148 valence electrons. The fourth-order valence-electron chi connectivity index (χ4n) is 4.89. The van der Waals surface area contributed by atoms with Gasteiger partial charge in [0.1, 0.15) is 6.04 Å². The predicted octanol–water partition coefficient (Wildman–Crippen LogP) is 5.34. The van der Waals surface area contributed by atoms with Crippen molar-refractivity contribution in [1.29, 1.82) is 0 Å². The zero-order valence-corrected chi connectivity index (χ0v) is 16.8. The first-order chi connectivity index (χ1) is 14.2. The van der Waals surface area contributed by atoms with Crippen LogP contribution in [0.2, 0.25) is 0 Å². The van der Waals surface area contributed by atoms with Gasteiger partial charge < -0.3 is 14.8 Å². The standard InChI is InChI=1S/C25H27N3O/c1-18-9-2-6-13-21(18)24-23-15-8-16-27(23)22-14-7-3-10-19(22)17-28(24)25(29)26-20-11-4-5-12-20/h2-3,6-10,13-16,20,24H,4-5,11-12,17H2,1H3,(H,26,29). The Balaban J connectivity index is 1.64. The van der Waals surface area contributed by atoms with E-state index in [1.165, 1.54) is 29.5 Å². The van der Waals surface area contributed by atoms with E-state index in [1.807, 2.05) is 4.90 Å². The van der Waals surface area contributed by atoms with Crippen molar-refractivity contribution in [2.75, 3.05) is 0 Å². The summed E-state index contributed by atoms with van der Waals surface area (Å²) in [7, 11) is 0. The number of hydrogen-bond donors (Lipinski definition) is 1. The van der Waals surface area contributed by atoms with E-state index in [-0.39, 0.29) is 12.1 Å². The molecule has 1 atom stereocenters. The number of carbonyl (C=O) groups is 1. The van der Waals surface area contributed by atoms with E-state index >= 15 is 0 Å². The number of nitrogens with one attached hydrogen (secondary N) is 1. The predicted molar refractivity (Wildman–Crippen MR) is 115 cm³/mol. The number of para-hydroxylation sites is 1. The maximum atomic E-state index is 13.5. The van der Waals surface area contributed by atoms with E-state index in [0.29, 0.717) is 12.6 Å². The molecule has 4 heteroatoms. The lowest BCUT2D eigenvalue weighted by Gasteiger charge is -2.32. The van der Waals surface area contributed by atoms with Crippen LogP contribution in [0, 0.1) is 6.92 Å². The van der Waals surface area contributed by atoms with E-state index in [9.17, 15) is 4.79 Å². The second-order valence-electron chi connectivity index (χ2n) is 8.25. The van der Waals surface area contributed by atoms with Gasteiger partial charge in [-0.1, -0.05) is 55.3 Å². The molecule has 1 N–H and O–H groups in total. The van der Waals surface area contributed by atoms with Gasteiger partial charge in [-0.2, -0.15) is 0 Å². The Bertz CT molecular complexity index is 1030. The third-order valence-electron chi connectivity index (χ3n) is 6.39. The van der Waals surface area contributed by atoms with Gasteiger partial charge in [0.2, 0.25) is 0 Å². The Morgan fingerprint density at radius 1 is 0.966 bits per heavy atom. The molecule has 1 saturated carbocycles. The smallest absolute Gasteiger partial charge is 0.318 e. The average molecular weight is 386 g/mol. The normalized spacial score (nSPS) is 18.8. The summed E-state index contributed by atoms with van der Waals surface area (Å²) < 4.78 is 2.25. The SMILES string of the molecule is Cc1ccccc1C1c2cccn2-c2ccccc2CN1C(=O)NC1CCCC1. The van der Waals surface area contributed by atoms with Crippen LogP contribution in [0.15, 0.2) is 66.9 Å². The summed E-state index contributed by atoms with van der Waals surface area (Å²) in [5, 5.41) is 3.33. The van der Waals surface area contributed by atoms with Crippen molar-refractivity contribution in [1.82, 2.24) is 14.8 Å². The number of urea groups is 1. The van der Waals surface area contributed by atoms with E-state index in [0.717, 1.165) is 24.2 Å². The van der Waals surface area contributed by atoms with Crippen molar-refractivity contribution in [3.8, 4) is 5.69 Å². The van der Waals surface area contributed by atoms with Gasteiger partial charge in [-0.25, -0.2) is 4.79 Å². The van der Waals surface area contributed by atoms with Crippen molar-refractivity contribution in [3.05, 3.63) is 89.2 Å². The first kappa shape index (κ1) is 18.0. The molecule has 1 aliphatic carbocycles. The summed E-state index contributed by atoms with van der Waals surface area (Å²) in [6.07, 6.45) is 6.69. The molecule has 3 aromatic rings. The van der Waals surface area contributed by atoms with E-state index in [2.05, 4.69) is 83.7 Å². The first-order valence-electron chi connectivity index (χ1n) is 10.6. The minimum Gasteiger partial charge on any atom is -0.335 e. The van der Waals surface area contributed by atoms with Crippen molar-refractivity contribution in [2.45, 2.75) is 51.2 Å². The third kappa shape index (κ3) is 3.23. The quantitative estimate of drug-likeness (QED) is 0.635. The molecule has 0 radical (unpaired) electrons. The fraction of sp³-hybridized carbons (Fsp3) is 0.320. The summed E-state index contributed by atoms with van der Waals surface area (Å²) in [6.45, 7) is 2.73. The third-order valence-corrected chi connectivity index (χ3v) is 6.39. The Kier molecular flexibility index (Phi) is 4.62. The van der Waals surface area contributed by atoms with Gasteiger partial charge in [-0.05, 0) is 54.7 Å². The monoisotopic (exact) mass is 385 g/mol. The Morgan fingerprint density at radius 3 is 2.55 bits per heavy atom. The average Bonchev–Trinajstić information content (AvgIpc) is 3.39. The lowest BCUT2D eigenvalue weighted by molar-refractivity contribution is 0.176. The summed E-state index contributed by atoms with van der Waals surface area (Å²) in [5.41, 5.74) is 5.84. The molecule has 5 rings (SSSR count). The number of benzene rings is 2. The minimum absolute atomic E-state index is 0.0367. The second-order valence-corrected chi connectivity index (χ2v) is 8.25. The summed E-state index contributed by atoms with van der Waals surface area (Å²) >= 11 is 0. The molecule has 0 spiro atoms. The molecule has 4 nitrogen and oxygen atoms in total. The van der Waals surface area contributed by atoms with Crippen LogP contribution in [-0.2, 0) is 6.54 Å². The lowest BCUT2D eigenvalue weighted by Crippen LogP contribution is -2.45. The Labute approximate surface area is 172 Å². The van der Waals surface area contributed by atoms with Gasteiger partial charge in [0.25, 0.3) is 0 Å². The largest absolute Gasteiger partial charge is 0.335 e. The fourth-order valence-corrected chi connectivity index (χ4v) is 4.89. The molecule has 2 aromatic carbocycles. The Morgan fingerprint density at radius 2 is 1.72 bits per heavy atom. The van der Waals surface area contributed by atoms with Gasteiger partial charge in [-0.3, -0.25) is 0 Å². The molecule has 1 unspecified atom stereocenters. The number of hydrogen-bond acceptors (Lipinski definition) is 1. The summed E-state index contributed by atoms with van der Waals surface area (Å²) in [5.74, 6) is 0. The van der Waals surface area contributed by atoms with Gasteiger partial charge in [0.15, 0.2) is 0 Å². The highest BCUT2D eigenvalue weighted by Crippen LogP contribution is 2.37. The molecular formula is C25H27N3O. The van der Waals surface area contributed by atoms with Gasteiger partial charge >= 0.3 is 6.03 Å². The number of aryl methyl sites for hydroxylation is 1. The topological polar surface area (TPSA) is 37.3 Å². The number of aromatic nitrogens is 1. The Hall–Kier alpha value is -3.01. The van der Waals surface area contributed by atoms with Crippen molar-refractivity contribution in [3.63, 3.8) is 0 Å². The van der Waals surface area contributed by atoms with Crippen LogP contribution in [0.25, 0.3) is 5.69 Å². The molecule has 1 aliphatic heterocycles. The van der Waals surface area contributed by atoms with Crippen LogP contribution in [-0.4, -0.2) is 21.5 Å². The van der Waals surface area contributed by atoms with Gasteiger partial charge in [-0.15, -0.1) is 0 Å². The highest BCUT2D eigenvalue weighted by atomic mass is 16.2. The second kappa shape index (κ2) is 7.43. The molecule has 1 aromatic heterocycles. The van der Waals surface area contributed by atoms with Gasteiger partial charge in [0, 0.05) is 17.9 Å². The molecule has 29 heavy (non-hydrogen) atoms. The van der Waals surface area contributed by atoms with Crippen LogP contribution in [0.3, 0.4) is 0 Å². The molecule has 0 saturated heterocycles. The maximum absolute atomic E-state index is 13.5. The number of rotatable bonds is 2. The van der Waals surface area contributed by atoms with E-state index < -0.39 is 0 Å². The van der Waals surface area contributed by atoms with Crippen LogP contribution in [0.5, 0.6) is 0 Å². The van der Waals surface area contributed by atoms with Crippen LogP contribution >= 0.6 is 0 Å². The van der Waals surface area contributed by atoms with Crippen LogP contribution in [0.1, 0.15) is 54.1 Å². The lowest BCUT2D eigenvalue weighted by atomic mass is 9.97. The highest BCUT2D eigenvalue weighted by Gasteiger charge is 2.34. The minimum atomic E-state index is -0.125. The zero-order valence-electron chi connectivity index (χ0n) is 16.8. The highest BCUT2D eigenvalue weighted by molar-refractivity contribution is 5.76. The van der Waals surface area contributed by atoms with Crippen molar-refractivity contribution in [2.24, 2.45) is 0 Å². The number of nitrogens with zero attached hydrogens (tertiary/aromatic N) is 2. The molecule has 0 bridgehead atoms.